The summed E-state index contributed by atoms with van der Waals surface area (Å²) in [6.07, 6.45) is -3.37. The molecule has 0 aliphatic rings. The van der Waals surface area contributed by atoms with Crippen LogP contribution in [0.15, 0.2) is 18.3 Å². The summed E-state index contributed by atoms with van der Waals surface area (Å²) in [6, 6.07) is 3.67. The molecule has 0 radical (unpaired) electrons. The van der Waals surface area contributed by atoms with Crippen LogP contribution in [0.2, 0.25) is 0 Å². The molecule has 2 heterocycles. The predicted octanol–water partition coefficient (Wildman–Crippen LogP) is 2.40. The molecule has 0 aliphatic heterocycles. The lowest BCUT2D eigenvalue weighted by Crippen LogP contribution is -2.15. The van der Waals surface area contributed by atoms with Crippen molar-refractivity contribution in [3.05, 3.63) is 23.9 Å². The summed E-state index contributed by atoms with van der Waals surface area (Å²) in [5.74, 6) is 0.212. The van der Waals surface area contributed by atoms with Gasteiger partial charge in [0.05, 0.1) is 6.42 Å². The van der Waals surface area contributed by atoms with Crippen LogP contribution >= 0.6 is 0 Å². The van der Waals surface area contributed by atoms with Gasteiger partial charge in [0.25, 0.3) is 0 Å². The summed E-state index contributed by atoms with van der Waals surface area (Å²) < 4.78 is 37.4. The second-order valence-electron chi connectivity index (χ2n) is 3.69. The van der Waals surface area contributed by atoms with Gasteiger partial charge in [-0.2, -0.15) is 18.2 Å². The van der Waals surface area contributed by atoms with Gasteiger partial charge in [0, 0.05) is 12.7 Å². The first-order chi connectivity index (χ1) is 7.96. The lowest BCUT2D eigenvalue weighted by atomic mass is 10.3. The quantitative estimate of drug-likeness (QED) is 0.901. The lowest BCUT2D eigenvalue weighted by Gasteiger charge is -2.05. The van der Waals surface area contributed by atoms with Crippen molar-refractivity contribution in [1.82, 2.24) is 14.6 Å². The van der Waals surface area contributed by atoms with Crippen molar-refractivity contribution in [2.75, 3.05) is 11.9 Å². The molecule has 0 aromatic carbocycles. The lowest BCUT2D eigenvalue weighted by molar-refractivity contribution is -0.131. The Hall–Kier alpha value is -1.79. The Bertz CT molecular complexity index is 518. The van der Waals surface area contributed by atoms with Crippen molar-refractivity contribution in [2.45, 2.75) is 19.5 Å². The van der Waals surface area contributed by atoms with Gasteiger partial charge < -0.3 is 5.32 Å². The Kier molecular flexibility index (Phi) is 2.91. The molecule has 0 aliphatic carbocycles. The molecule has 0 spiro atoms. The largest absolute Gasteiger partial charge is 0.390 e. The third kappa shape index (κ3) is 2.86. The smallest absolute Gasteiger partial charge is 0.353 e. The van der Waals surface area contributed by atoms with Crippen LogP contribution in [0.5, 0.6) is 0 Å². The number of rotatable bonds is 3. The minimum Gasteiger partial charge on any atom is -0.353 e. The zero-order valence-corrected chi connectivity index (χ0v) is 9.12. The monoisotopic (exact) mass is 244 g/mol. The normalized spacial score (nSPS) is 12.0. The molecule has 0 amide bonds. The Balaban J connectivity index is 2.07. The molecule has 0 fully saturated rings. The molecule has 4 nitrogen and oxygen atoms in total. The van der Waals surface area contributed by atoms with Gasteiger partial charge in [-0.3, -0.25) is 0 Å². The van der Waals surface area contributed by atoms with E-state index >= 15 is 0 Å². The number of halogens is 3. The highest BCUT2D eigenvalue weighted by Crippen LogP contribution is 2.19. The summed E-state index contributed by atoms with van der Waals surface area (Å²) in [4.78, 5) is 4.11. The zero-order chi connectivity index (χ0) is 12.5. The van der Waals surface area contributed by atoms with Crippen LogP contribution in [0.3, 0.4) is 0 Å². The fourth-order valence-corrected chi connectivity index (χ4v) is 1.43. The van der Waals surface area contributed by atoms with Gasteiger partial charge in [0.15, 0.2) is 5.65 Å². The molecule has 0 saturated carbocycles. The van der Waals surface area contributed by atoms with Crippen molar-refractivity contribution in [3.8, 4) is 0 Å². The summed E-state index contributed by atoms with van der Waals surface area (Å²) >= 11 is 0. The number of hydrogen-bond acceptors (Lipinski definition) is 3. The van der Waals surface area contributed by atoms with Gasteiger partial charge in [-0.25, -0.2) is 4.52 Å². The Morgan fingerprint density at radius 1 is 1.41 bits per heavy atom. The minimum atomic E-state index is -4.16. The highest BCUT2D eigenvalue weighted by atomic mass is 19.4. The van der Waals surface area contributed by atoms with E-state index in [2.05, 4.69) is 15.4 Å². The highest BCUT2D eigenvalue weighted by molar-refractivity contribution is 5.49. The van der Waals surface area contributed by atoms with E-state index in [0.717, 1.165) is 5.56 Å². The second kappa shape index (κ2) is 4.23. The predicted molar refractivity (Wildman–Crippen MR) is 56.9 cm³/mol. The number of anilines is 1. The molecule has 0 saturated heterocycles. The van der Waals surface area contributed by atoms with Gasteiger partial charge in [-0.05, 0) is 18.6 Å². The standard InChI is InChI=1S/C10H11F3N4/c1-7-3-2-6-17-8(7)15-9(16-17)14-5-4-10(11,12)13/h2-3,6H,4-5H2,1H3,(H,14,16). The SMILES string of the molecule is Cc1cccn2nc(NCCC(F)(F)F)nc12. The molecule has 2 rings (SSSR count). The zero-order valence-electron chi connectivity index (χ0n) is 9.12. The van der Waals surface area contributed by atoms with Gasteiger partial charge in [-0.1, -0.05) is 6.07 Å². The number of fused-ring (bicyclic) bond motifs is 1. The van der Waals surface area contributed by atoms with Crippen LogP contribution < -0.4 is 5.32 Å². The average molecular weight is 244 g/mol. The molecule has 1 N–H and O–H groups in total. The van der Waals surface area contributed by atoms with Crippen LogP contribution in [0, 0.1) is 6.92 Å². The topological polar surface area (TPSA) is 42.2 Å². The maximum Gasteiger partial charge on any atom is 0.390 e. The fraction of sp³-hybridized carbons (Fsp3) is 0.400. The molecule has 2 aromatic heterocycles. The molecule has 7 heteroatoms. The van der Waals surface area contributed by atoms with Crippen molar-refractivity contribution in [1.29, 1.82) is 0 Å². The van der Waals surface area contributed by atoms with Crippen LogP contribution in [-0.2, 0) is 0 Å². The first kappa shape index (κ1) is 11.7. The summed E-state index contributed by atoms with van der Waals surface area (Å²) in [6.45, 7) is 1.64. The second-order valence-corrected chi connectivity index (χ2v) is 3.69. The van der Waals surface area contributed by atoms with E-state index in [1.54, 1.807) is 12.3 Å². The number of nitrogens with one attached hydrogen (secondary N) is 1. The Morgan fingerprint density at radius 2 is 2.18 bits per heavy atom. The third-order valence-corrected chi connectivity index (χ3v) is 2.25. The van der Waals surface area contributed by atoms with Gasteiger partial charge >= 0.3 is 6.18 Å². The van der Waals surface area contributed by atoms with E-state index in [0.29, 0.717) is 5.65 Å². The molecule has 2 aromatic rings. The molecule has 17 heavy (non-hydrogen) atoms. The van der Waals surface area contributed by atoms with E-state index in [9.17, 15) is 13.2 Å². The van der Waals surface area contributed by atoms with E-state index < -0.39 is 12.6 Å². The van der Waals surface area contributed by atoms with E-state index in [-0.39, 0.29) is 12.5 Å². The highest BCUT2D eigenvalue weighted by Gasteiger charge is 2.26. The number of aryl methyl sites for hydroxylation is 1. The molecule has 92 valence electrons. The first-order valence-electron chi connectivity index (χ1n) is 5.08. The number of aromatic nitrogens is 3. The van der Waals surface area contributed by atoms with Crippen molar-refractivity contribution >= 4 is 11.6 Å². The molecular formula is C10H11F3N4. The number of hydrogen-bond donors (Lipinski definition) is 1. The van der Waals surface area contributed by atoms with E-state index in [1.807, 2.05) is 13.0 Å². The van der Waals surface area contributed by atoms with Crippen molar-refractivity contribution in [2.24, 2.45) is 0 Å². The van der Waals surface area contributed by atoms with E-state index in [4.69, 9.17) is 0 Å². The minimum absolute atomic E-state index is 0.212. The molecule has 0 unspecified atom stereocenters. The Labute approximate surface area is 95.5 Å². The summed E-state index contributed by atoms with van der Waals surface area (Å²) in [5.41, 5.74) is 1.56. The fourth-order valence-electron chi connectivity index (χ4n) is 1.43. The summed E-state index contributed by atoms with van der Waals surface area (Å²) in [5, 5.41) is 6.58. The van der Waals surface area contributed by atoms with E-state index in [1.165, 1.54) is 4.52 Å². The first-order valence-corrected chi connectivity index (χ1v) is 5.08. The maximum atomic E-state index is 11.9. The van der Waals surface area contributed by atoms with Crippen LogP contribution in [0.4, 0.5) is 19.1 Å². The summed E-state index contributed by atoms with van der Waals surface area (Å²) in [7, 11) is 0. The van der Waals surface area contributed by atoms with Crippen LogP contribution in [-0.4, -0.2) is 27.3 Å². The third-order valence-electron chi connectivity index (χ3n) is 2.25. The van der Waals surface area contributed by atoms with Crippen molar-refractivity contribution in [3.63, 3.8) is 0 Å². The number of pyridine rings is 1. The number of alkyl halides is 3. The Morgan fingerprint density at radius 3 is 2.82 bits per heavy atom. The van der Waals surface area contributed by atoms with Crippen LogP contribution in [0.25, 0.3) is 5.65 Å². The molecule has 0 bridgehead atoms. The molecule has 0 atom stereocenters. The average Bonchev–Trinajstić information content (AvgIpc) is 2.60. The van der Waals surface area contributed by atoms with Gasteiger partial charge in [0.2, 0.25) is 5.95 Å². The number of nitrogens with zero attached hydrogens (tertiary/aromatic N) is 3. The van der Waals surface area contributed by atoms with Gasteiger partial charge in [0.1, 0.15) is 0 Å². The maximum absolute atomic E-state index is 11.9. The molecular weight excluding hydrogens is 233 g/mol. The van der Waals surface area contributed by atoms with Crippen molar-refractivity contribution < 1.29 is 13.2 Å². The van der Waals surface area contributed by atoms with Crippen LogP contribution in [0.1, 0.15) is 12.0 Å². The van der Waals surface area contributed by atoms with Gasteiger partial charge in [-0.15, -0.1) is 5.10 Å².